The highest BCUT2D eigenvalue weighted by molar-refractivity contribution is 5.84. The van der Waals surface area contributed by atoms with E-state index in [9.17, 15) is 22.8 Å². The van der Waals surface area contributed by atoms with Crippen LogP contribution in [0.2, 0.25) is 0 Å². The zero-order valence-corrected chi connectivity index (χ0v) is 8.84. The first-order chi connectivity index (χ1) is 7.05. The van der Waals surface area contributed by atoms with Crippen molar-refractivity contribution in [2.45, 2.75) is 32.0 Å². The summed E-state index contributed by atoms with van der Waals surface area (Å²) in [5.74, 6) is -4.08. The molecule has 0 aromatic rings. The van der Waals surface area contributed by atoms with Crippen LogP contribution < -0.4 is 0 Å². The van der Waals surface area contributed by atoms with Crippen molar-refractivity contribution in [3.8, 4) is 0 Å². The lowest BCUT2D eigenvalue weighted by molar-refractivity contribution is -0.188. The normalized spacial score (nSPS) is 24.6. The van der Waals surface area contributed by atoms with Gasteiger partial charge in [0.1, 0.15) is 0 Å². The third kappa shape index (κ3) is 2.28. The van der Waals surface area contributed by atoms with Crippen molar-refractivity contribution in [2.75, 3.05) is 6.54 Å². The minimum Gasteiger partial charge on any atom is -0.481 e. The van der Waals surface area contributed by atoms with Gasteiger partial charge in [-0.1, -0.05) is 0 Å². The van der Waals surface area contributed by atoms with Crippen molar-refractivity contribution in [2.24, 2.45) is 5.92 Å². The molecule has 0 spiro atoms. The van der Waals surface area contributed by atoms with E-state index >= 15 is 0 Å². The number of carbonyl (C=O) groups is 2. The standard InChI is InChI=1S/C9H12F3NO3/c1-8(2)3-5(6(14)15)4-13(8)7(16)9(10,11)12/h5H,3-4H2,1-2H3,(H,14,15). The molecule has 92 valence electrons. The fourth-order valence-electron chi connectivity index (χ4n) is 1.92. The number of hydrogen-bond acceptors (Lipinski definition) is 2. The van der Waals surface area contributed by atoms with Crippen LogP contribution in [0.1, 0.15) is 20.3 Å². The van der Waals surface area contributed by atoms with Crippen molar-refractivity contribution < 1.29 is 27.9 Å². The first-order valence-electron chi connectivity index (χ1n) is 4.67. The van der Waals surface area contributed by atoms with E-state index in [1.165, 1.54) is 13.8 Å². The second kappa shape index (κ2) is 3.64. The molecule has 0 aromatic carbocycles. The molecule has 0 aromatic heterocycles. The highest BCUT2D eigenvalue weighted by atomic mass is 19.4. The number of aliphatic carboxylic acids is 1. The average molecular weight is 239 g/mol. The summed E-state index contributed by atoms with van der Waals surface area (Å²) in [4.78, 5) is 22.3. The van der Waals surface area contributed by atoms with Gasteiger partial charge in [0, 0.05) is 12.1 Å². The number of likely N-dealkylation sites (tertiary alicyclic amines) is 1. The van der Waals surface area contributed by atoms with Gasteiger partial charge in [-0.15, -0.1) is 0 Å². The fraction of sp³-hybridized carbons (Fsp3) is 0.778. The number of halogens is 3. The Morgan fingerprint density at radius 2 is 1.88 bits per heavy atom. The third-order valence-electron chi connectivity index (χ3n) is 2.72. The van der Waals surface area contributed by atoms with Crippen molar-refractivity contribution in [1.29, 1.82) is 0 Å². The summed E-state index contributed by atoms with van der Waals surface area (Å²) in [6.07, 6.45) is -4.92. The number of amides is 1. The molecule has 1 saturated heterocycles. The van der Waals surface area contributed by atoms with Gasteiger partial charge in [0.25, 0.3) is 0 Å². The van der Waals surface area contributed by atoms with Crippen LogP contribution >= 0.6 is 0 Å². The molecule has 4 nitrogen and oxygen atoms in total. The Morgan fingerprint density at radius 3 is 2.19 bits per heavy atom. The van der Waals surface area contributed by atoms with E-state index in [4.69, 9.17) is 5.11 Å². The summed E-state index contributed by atoms with van der Waals surface area (Å²) in [5.41, 5.74) is -1.07. The average Bonchev–Trinajstić information content (AvgIpc) is 2.38. The Morgan fingerprint density at radius 1 is 1.38 bits per heavy atom. The molecule has 0 aliphatic carbocycles. The van der Waals surface area contributed by atoms with E-state index < -0.39 is 29.5 Å². The number of alkyl halides is 3. The minimum atomic E-state index is -4.95. The molecule has 0 radical (unpaired) electrons. The molecular formula is C9H12F3NO3. The van der Waals surface area contributed by atoms with E-state index in [0.29, 0.717) is 4.90 Å². The summed E-state index contributed by atoms with van der Waals surface area (Å²) in [6.45, 7) is 2.47. The fourth-order valence-corrected chi connectivity index (χ4v) is 1.92. The van der Waals surface area contributed by atoms with Crippen LogP contribution in [0.4, 0.5) is 13.2 Å². The Balaban J connectivity index is 2.90. The van der Waals surface area contributed by atoms with Gasteiger partial charge in [0.15, 0.2) is 0 Å². The number of carboxylic acids is 1. The molecule has 1 fully saturated rings. The molecule has 1 N–H and O–H groups in total. The lowest BCUT2D eigenvalue weighted by atomic mass is 9.96. The molecule has 0 bridgehead atoms. The summed E-state index contributed by atoms with van der Waals surface area (Å²) in [6, 6.07) is 0. The summed E-state index contributed by atoms with van der Waals surface area (Å²) < 4.78 is 36.7. The zero-order valence-electron chi connectivity index (χ0n) is 8.84. The first-order valence-corrected chi connectivity index (χ1v) is 4.67. The Hall–Kier alpha value is -1.27. The minimum absolute atomic E-state index is 0.0319. The van der Waals surface area contributed by atoms with Gasteiger partial charge in [-0.2, -0.15) is 13.2 Å². The van der Waals surface area contributed by atoms with Crippen LogP contribution in [0.25, 0.3) is 0 Å². The van der Waals surface area contributed by atoms with Gasteiger partial charge in [-0.05, 0) is 20.3 Å². The lowest BCUT2D eigenvalue weighted by Gasteiger charge is -2.31. The van der Waals surface area contributed by atoms with E-state index in [2.05, 4.69) is 0 Å². The Labute approximate surface area is 90.0 Å². The molecule has 1 unspecified atom stereocenters. The molecule has 16 heavy (non-hydrogen) atoms. The van der Waals surface area contributed by atoms with Crippen molar-refractivity contribution >= 4 is 11.9 Å². The largest absolute Gasteiger partial charge is 0.481 e. The molecule has 1 amide bonds. The molecular weight excluding hydrogens is 227 g/mol. The van der Waals surface area contributed by atoms with Gasteiger partial charge < -0.3 is 10.0 Å². The third-order valence-corrected chi connectivity index (χ3v) is 2.72. The number of hydrogen-bond donors (Lipinski definition) is 1. The van der Waals surface area contributed by atoms with Crippen LogP contribution in [-0.4, -0.2) is 40.1 Å². The van der Waals surface area contributed by atoms with E-state index in [0.717, 1.165) is 0 Å². The first kappa shape index (κ1) is 12.8. The monoisotopic (exact) mass is 239 g/mol. The van der Waals surface area contributed by atoms with Crippen molar-refractivity contribution in [3.05, 3.63) is 0 Å². The predicted octanol–water partition coefficient (Wildman–Crippen LogP) is 1.26. The van der Waals surface area contributed by atoms with E-state index in [-0.39, 0.29) is 13.0 Å². The van der Waals surface area contributed by atoms with Crippen molar-refractivity contribution in [1.82, 2.24) is 4.90 Å². The maximum atomic E-state index is 12.2. The van der Waals surface area contributed by atoms with Gasteiger partial charge in [0.05, 0.1) is 5.92 Å². The molecule has 1 heterocycles. The quantitative estimate of drug-likeness (QED) is 0.749. The summed E-state index contributed by atoms with van der Waals surface area (Å²) >= 11 is 0. The predicted molar refractivity (Wildman–Crippen MR) is 47.6 cm³/mol. The SMILES string of the molecule is CC1(C)CC(C(=O)O)CN1C(=O)C(F)(F)F. The zero-order chi connectivity index (χ0) is 12.7. The van der Waals surface area contributed by atoms with Crippen molar-refractivity contribution in [3.63, 3.8) is 0 Å². The van der Waals surface area contributed by atoms with Crippen LogP contribution in [0.5, 0.6) is 0 Å². The van der Waals surface area contributed by atoms with Gasteiger partial charge in [-0.3, -0.25) is 9.59 Å². The lowest BCUT2D eigenvalue weighted by Crippen LogP contribution is -2.48. The molecule has 1 atom stereocenters. The maximum absolute atomic E-state index is 12.2. The Bertz CT molecular complexity index is 324. The molecule has 0 saturated carbocycles. The number of carboxylic acid groups (broad SMARTS) is 1. The molecule has 7 heteroatoms. The molecule has 1 aliphatic rings. The van der Waals surface area contributed by atoms with Crippen LogP contribution in [0, 0.1) is 5.92 Å². The van der Waals surface area contributed by atoms with E-state index in [1.807, 2.05) is 0 Å². The van der Waals surface area contributed by atoms with Gasteiger partial charge in [0.2, 0.25) is 0 Å². The number of rotatable bonds is 1. The summed E-state index contributed by atoms with van der Waals surface area (Å²) in [5, 5.41) is 8.73. The van der Waals surface area contributed by atoms with E-state index in [1.54, 1.807) is 0 Å². The van der Waals surface area contributed by atoms with Crippen LogP contribution in [0.15, 0.2) is 0 Å². The number of carbonyl (C=O) groups excluding carboxylic acids is 1. The highest BCUT2D eigenvalue weighted by Crippen LogP contribution is 2.35. The smallest absolute Gasteiger partial charge is 0.471 e. The molecule has 1 rings (SSSR count). The van der Waals surface area contributed by atoms with Crippen LogP contribution in [0.3, 0.4) is 0 Å². The molecule has 1 aliphatic heterocycles. The maximum Gasteiger partial charge on any atom is 0.471 e. The Kier molecular flexibility index (Phi) is 2.91. The topological polar surface area (TPSA) is 57.6 Å². The van der Waals surface area contributed by atoms with Gasteiger partial charge >= 0.3 is 18.1 Å². The highest BCUT2D eigenvalue weighted by Gasteiger charge is 2.52. The van der Waals surface area contributed by atoms with Crippen LogP contribution in [-0.2, 0) is 9.59 Å². The second-order valence-electron chi connectivity index (χ2n) is 4.47. The summed E-state index contributed by atoms with van der Waals surface area (Å²) in [7, 11) is 0. The number of nitrogens with zero attached hydrogens (tertiary/aromatic N) is 1. The van der Waals surface area contributed by atoms with Gasteiger partial charge in [-0.25, -0.2) is 0 Å². The second-order valence-corrected chi connectivity index (χ2v) is 4.47.